The van der Waals surface area contributed by atoms with Crippen molar-refractivity contribution in [1.29, 1.82) is 0 Å². The third-order valence-corrected chi connectivity index (χ3v) is 2.93. The van der Waals surface area contributed by atoms with Crippen molar-refractivity contribution >= 4 is 22.6 Å². The van der Waals surface area contributed by atoms with Crippen LogP contribution in [0.4, 0.5) is 5.69 Å². The first-order valence-corrected chi connectivity index (χ1v) is 4.87. The van der Waals surface area contributed by atoms with Crippen LogP contribution in [0.2, 0.25) is 0 Å². The van der Waals surface area contributed by atoms with Gasteiger partial charge in [-0.05, 0) is 23.9 Å². The summed E-state index contributed by atoms with van der Waals surface area (Å²) in [5.41, 5.74) is 4.36. The Kier molecular flexibility index (Phi) is 2.14. The minimum absolute atomic E-state index is 0.932. The van der Waals surface area contributed by atoms with E-state index in [9.17, 15) is 0 Å². The first-order valence-electron chi connectivity index (χ1n) is 4.05. The van der Waals surface area contributed by atoms with E-state index in [2.05, 4.69) is 22.6 Å². The van der Waals surface area contributed by atoms with E-state index in [0.29, 0.717) is 0 Å². The number of nitrogens with one attached hydrogen (secondary N) is 1. The first kappa shape index (κ1) is 8.44. The number of hydrazine groups is 1. The zero-order valence-corrected chi connectivity index (χ0v) is 8.43. The normalized spacial score (nSPS) is 18.3. The second kappa shape index (κ2) is 3.30. The fourth-order valence-electron chi connectivity index (χ4n) is 1.25. The van der Waals surface area contributed by atoms with Gasteiger partial charge < -0.3 is 0 Å². The van der Waals surface area contributed by atoms with Gasteiger partial charge in [-0.1, -0.05) is 12.1 Å². The number of rotatable bonds is 0. The Morgan fingerprint density at radius 1 is 1.38 bits per heavy atom. The number of thioether (sulfide) groups is 1. The molecule has 0 bridgehead atoms. The van der Waals surface area contributed by atoms with Gasteiger partial charge in [-0.2, -0.15) is 0 Å². The molecule has 0 unspecified atom stereocenters. The van der Waals surface area contributed by atoms with E-state index in [1.54, 1.807) is 18.8 Å². The Hall–Kier alpha value is -1.16. The fourth-order valence-corrected chi connectivity index (χ4v) is 2.19. The molecule has 13 heavy (non-hydrogen) atoms. The number of anilines is 1. The summed E-state index contributed by atoms with van der Waals surface area (Å²) in [7, 11) is 3.78. The Morgan fingerprint density at radius 3 is 2.92 bits per heavy atom. The maximum atomic E-state index is 4.12. The van der Waals surface area contributed by atoms with Crippen molar-refractivity contribution in [2.75, 3.05) is 19.1 Å². The number of aliphatic imine (C=N–C) groups is 1. The van der Waals surface area contributed by atoms with E-state index in [1.165, 1.54) is 10.6 Å². The van der Waals surface area contributed by atoms with Gasteiger partial charge >= 0.3 is 0 Å². The maximum Gasteiger partial charge on any atom is 0.180 e. The lowest BCUT2D eigenvalue weighted by Crippen LogP contribution is -2.40. The number of amidine groups is 1. The van der Waals surface area contributed by atoms with Gasteiger partial charge in [0.25, 0.3) is 0 Å². The zero-order chi connectivity index (χ0) is 9.26. The fraction of sp³-hybridized carbons (Fsp3) is 0.222. The molecule has 1 aromatic rings. The summed E-state index contributed by atoms with van der Waals surface area (Å²) in [5, 5.41) is 2.91. The Bertz CT molecular complexity index is 348. The van der Waals surface area contributed by atoms with Crippen molar-refractivity contribution in [2.24, 2.45) is 4.99 Å². The predicted octanol–water partition coefficient (Wildman–Crippen LogP) is 1.72. The molecular weight excluding hydrogens is 182 g/mol. The van der Waals surface area contributed by atoms with Gasteiger partial charge in [0, 0.05) is 19.0 Å². The largest absolute Gasteiger partial charge is 0.288 e. The van der Waals surface area contributed by atoms with Gasteiger partial charge in [-0.25, -0.2) is 0 Å². The van der Waals surface area contributed by atoms with Gasteiger partial charge in [0.05, 0.1) is 5.69 Å². The number of hydrogen-bond donors (Lipinski definition) is 1. The highest BCUT2D eigenvalue weighted by Gasteiger charge is 2.16. The van der Waals surface area contributed by atoms with Gasteiger partial charge in [0.2, 0.25) is 0 Å². The molecule has 0 atom stereocenters. The molecule has 68 valence electrons. The molecule has 2 rings (SSSR count). The molecule has 0 fully saturated rings. The van der Waals surface area contributed by atoms with Crippen LogP contribution in [-0.2, 0) is 0 Å². The van der Waals surface area contributed by atoms with Crippen molar-refractivity contribution in [3.05, 3.63) is 24.3 Å². The number of fused-ring (bicyclic) bond motifs is 1. The molecule has 1 aliphatic rings. The van der Waals surface area contributed by atoms with Crippen LogP contribution in [0, 0.1) is 0 Å². The van der Waals surface area contributed by atoms with Crippen LogP contribution in [0.15, 0.2) is 34.2 Å². The molecule has 0 saturated carbocycles. The molecule has 1 aliphatic heterocycles. The van der Waals surface area contributed by atoms with Crippen molar-refractivity contribution in [3.8, 4) is 0 Å². The van der Waals surface area contributed by atoms with E-state index in [-0.39, 0.29) is 0 Å². The van der Waals surface area contributed by atoms with Crippen LogP contribution in [0.1, 0.15) is 0 Å². The van der Waals surface area contributed by atoms with Crippen molar-refractivity contribution in [3.63, 3.8) is 0 Å². The average Bonchev–Trinajstić information content (AvgIpc) is 2.18. The highest BCUT2D eigenvalue weighted by Crippen LogP contribution is 2.32. The summed E-state index contributed by atoms with van der Waals surface area (Å²) in [5.74, 6) is 0. The van der Waals surface area contributed by atoms with Crippen molar-refractivity contribution < 1.29 is 0 Å². The lowest BCUT2D eigenvalue weighted by Gasteiger charge is -2.28. The summed E-state index contributed by atoms with van der Waals surface area (Å²) < 4.78 is 0. The summed E-state index contributed by atoms with van der Waals surface area (Å²) >= 11 is 1.66. The molecule has 0 spiro atoms. The Balaban J connectivity index is 2.42. The highest BCUT2D eigenvalue weighted by molar-refractivity contribution is 8.14. The third kappa shape index (κ3) is 1.49. The van der Waals surface area contributed by atoms with E-state index in [4.69, 9.17) is 0 Å². The van der Waals surface area contributed by atoms with E-state index in [0.717, 1.165) is 5.17 Å². The quantitative estimate of drug-likeness (QED) is 0.680. The molecule has 0 aliphatic carbocycles. The molecule has 0 saturated heterocycles. The maximum absolute atomic E-state index is 4.12. The summed E-state index contributed by atoms with van der Waals surface area (Å²) in [6, 6.07) is 8.26. The monoisotopic (exact) mass is 193 g/mol. The lowest BCUT2D eigenvalue weighted by atomic mass is 10.3. The Morgan fingerprint density at radius 2 is 2.15 bits per heavy atom. The third-order valence-electron chi connectivity index (χ3n) is 1.90. The van der Waals surface area contributed by atoms with Gasteiger partial charge in [0.1, 0.15) is 0 Å². The van der Waals surface area contributed by atoms with Crippen LogP contribution in [0.5, 0.6) is 0 Å². The van der Waals surface area contributed by atoms with Crippen LogP contribution in [0.3, 0.4) is 0 Å². The van der Waals surface area contributed by atoms with Crippen LogP contribution < -0.4 is 10.4 Å². The molecule has 0 amide bonds. The molecule has 4 heteroatoms. The second-order valence-electron chi connectivity index (χ2n) is 2.77. The molecule has 3 nitrogen and oxygen atoms in total. The van der Waals surface area contributed by atoms with Crippen LogP contribution >= 0.6 is 11.8 Å². The van der Waals surface area contributed by atoms with E-state index >= 15 is 0 Å². The predicted molar refractivity (Wildman–Crippen MR) is 57.2 cm³/mol. The summed E-state index contributed by atoms with van der Waals surface area (Å²) in [6.45, 7) is 0. The molecule has 1 aromatic carbocycles. The number of nitrogens with zero attached hydrogens (tertiary/aromatic N) is 2. The number of benzene rings is 1. The molecule has 1 N–H and O–H groups in total. The number of hydrogen-bond acceptors (Lipinski definition) is 3. The minimum Gasteiger partial charge on any atom is -0.288 e. The average molecular weight is 193 g/mol. The lowest BCUT2D eigenvalue weighted by molar-refractivity contribution is 0.868. The second-order valence-corrected chi connectivity index (χ2v) is 3.80. The van der Waals surface area contributed by atoms with Gasteiger partial charge in [-0.3, -0.25) is 15.4 Å². The zero-order valence-electron chi connectivity index (χ0n) is 7.61. The highest BCUT2D eigenvalue weighted by atomic mass is 32.2. The molecule has 0 radical (unpaired) electrons. The van der Waals surface area contributed by atoms with Crippen LogP contribution in [0.25, 0.3) is 0 Å². The summed E-state index contributed by atoms with van der Waals surface area (Å²) in [4.78, 5) is 5.36. The van der Waals surface area contributed by atoms with Crippen LogP contribution in [-0.4, -0.2) is 19.3 Å². The van der Waals surface area contributed by atoms with Crippen molar-refractivity contribution in [2.45, 2.75) is 4.90 Å². The SMILES string of the molecule is CN=C1NN(C)c2ccccc2S1. The molecule has 1 heterocycles. The van der Waals surface area contributed by atoms with Gasteiger partial charge in [0.15, 0.2) is 5.17 Å². The first-order chi connectivity index (χ1) is 6.31. The smallest absolute Gasteiger partial charge is 0.180 e. The number of para-hydroxylation sites is 1. The van der Waals surface area contributed by atoms with E-state index < -0.39 is 0 Å². The summed E-state index contributed by atoms with van der Waals surface area (Å²) in [6.07, 6.45) is 0. The topological polar surface area (TPSA) is 27.6 Å². The minimum atomic E-state index is 0.932. The van der Waals surface area contributed by atoms with Crippen molar-refractivity contribution in [1.82, 2.24) is 5.43 Å². The van der Waals surface area contributed by atoms with Gasteiger partial charge in [-0.15, -0.1) is 0 Å². The Labute approximate surface area is 81.8 Å². The molecular formula is C9H11N3S. The molecule has 0 aromatic heterocycles. The standard InChI is InChI=1S/C9H11N3S/c1-10-9-11-12(2)7-5-3-4-6-8(7)13-9/h3-6H,1-2H3,(H,10,11). The van der Waals surface area contributed by atoms with E-state index in [1.807, 2.05) is 24.2 Å².